The lowest BCUT2D eigenvalue weighted by atomic mass is 9.79. The van der Waals surface area contributed by atoms with Crippen molar-refractivity contribution in [2.75, 3.05) is 6.54 Å². The zero-order chi connectivity index (χ0) is 30.0. The van der Waals surface area contributed by atoms with Crippen LogP contribution in [0.2, 0.25) is 0 Å². The summed E-state index contributed by atoms with van der Waals surface area (Å²) >= 11 is 0. The Morgan fingerprint density at radius 2 is 1.69 bits per heavy atom. The van der Waals surface area contributed by atoms with Gasteiger partial charge in [-0.25, -0.2) is 0 Å². The molecular formula is C33H33N3O6. The normalized spacial score (nSPS) is 26.9. The number of rotatable bonds is 7. The second-order valence-electron chi connectivity index (χ2n) is 11.8. The van der Waals surface area contributed by atoms with Crippen LogP contribution < -0.4 is 5.32 Å². The molecule has 3 aromatic carbocycles. The fraction of sp³-hybridized carbons (Fsp3) is 0.333. The van der Waals surface area contributed by atoms with Gasteiger partial charge in [-0.1, -0.05) is 60.7 Å². The van der Waals surface area contributed by atoms with E-state index in [0.29, 0.717) is 5.56 Å². The topological polar surface area (TPSA) is 127 Å². The Morgan fingerprint density at radius 3 is 2.40 bits per heavy atom. The lowest BCUT2D eigenvalue weighted by molar-refractivity contribution is -0.174. The standard InChI is InChI=1S/C33H33N3O6/c1-19-10-7-8-13-22(19)17-36-30(41)27-32(36,3)26(38)18-35(27)31(42)28(39)33(16-24(33)21-11-5-4-6-12-21)34-29(40)23-14-9-15-25(37)20(23)2/h4-15,24,27-28,37,39H,16-18H2,1-3H3,(H,34,40)/t24-,27+,28+,32?,33+/m0/s1. The Morgan fingerprint density at radius 1 is 1.00 bits per heavy atom. The fourth-order valence-electron chi connectivity index (χ4n) is 6.66. The molecule has 2 heterocycles. The van der Waals surface area contributed by atoms with Crippen LogP contribution in [0.3, 0.4) is 0 Å². The average Bonchev–Trinajstić information content (AvgIpc) is 3.66. The number of nitrogens with zero attached hydrogens (tertiary/aromatic N) is 2. The first-order chi connectivity index (χ1) is 20.0. The number of aliphatic hydroxyl groups is 1. The number of aryl methyl sites for hydroxylation is 1. The second kappa shape index (κ2) is 9.80. The van der Waals surface area contributed by atoms with Gasteiger partial charge in [0.05, 0.1) is 12.1 Å². The van der Waals surface area contributed by atoms with Crippen molar-refractivity contribution in [1.29, 1.82) is 0 Å². The van der Waals surface area contributed by atoms with Gasteiger partial charge in [-0.2, -0.15) is 0 Å². The Bertz CT molecular complexity index is 1620. The average molecular weight is 568 g/mol. The van der Waals surface area contributed by atoms with Gasteiger partial charge in [0.25, 0.3) is 11.8 Å². The maximum Gasteiger partial charge on any atom is 0.255 e. The highest BCUT2D eigenvalue weighted by Gasteiger charge is 2.71. The van der Waals surface area contributed by atoms with Gasteiger partial charge < -0.3 is 25.3 Å². The van der Waals surface area contributed by atoms with Crippen molar-refractivity contribution in [2.45, 2.75) is 62.9 Å². The number of carbonyl (C=O) groups excluding carboxylic acids is 4. The largest absolute Gasteiger partial charge is 0.508 e. The molecule has 3 amide bonds. The molecule has 0 radical (unpaired) electrons. The van der Waals surface area contributed by atoms with E-state index in [-0.39, 0.29) is 48.4 Å². The van der Waals surface area contributed by atoms with E-state index in [1.165, 1.54) is 15.9 Å². The molecule has 1 aliphatic carbocycles. The smallest absolute Gasteiger partial charge is 0.255 e. The highest BCUT2D eigenvalue weighted by Crippen LogP contribution is 2.55. The van der Waals surface area contributed by atoms with Gasteiger partial charge in [0, 0.05) is 23.6 Å². The molecule has 1 unspecified atom stereocenters. The van der Waals surface area contributed by atoms with Crippen LogP contribution in [0.15, 0.2) is 72.8 Å². The fourth-order valence-corrected chi connectivity index (χ4v) is 6.66. The molecule has 216 valence electrons. The van der Waals surface area contributed by atoms with E-state index in [4.69, 9.17) is 0 Å². The van der Waals surface area contributed by atoms with Gasteiger partial charge in [-0.15, -0.1) is 0 Å². The van der Waals surface area contributed by atoms with Crippen molar-refractivity contribution in [1.82, 2.24) is 15.1 Å². The number of hydrogen-bond acceptors (Lipinski definition) is 6. The molecule has 42 heavy (non-hydrogen) atoms. The summed E-state index contributed by atoms with van der Waals surface area (Å²) in [7, 11) is 0. The third-order valence-corrected chi connectivity index (χ3v) is 9.48. The number of aliphatic hydroxyl groups excluding tert-OH is 1. The number of phenolic OH excluding ortho intramolecular Hbond substituents is 1. The van der Waals surface area contributed by atoms with Crippen molar-refractivity contribution >= 4 is 23.5 Å². The van der Waals surface area contributed by atoms with Crippen LogP contribution in [-0.2, 0) is 20.9 Å². The van der Waals surface area contributed by atoms with Gasteiger partial charge in [0.2, 0.25) is 5.91 Å². The van der Waals surface area contributed by atoms with Crippen LogP contribution in [0, 0.1) is 13.8 Å². The number of phenols is 1. The Labute approximate surface area is 243 Å². The van der Waals surface area contributed by atoms with Gasteiger partial charge in [0.15, 0.2) is 11.9 Å². The molecule has 2 aliphatic heterocycles. The lowest BCUT2D eigenvalue weighted by Crippen LogP contribution is -2.76. The Balaban J connectivity index is 1.28. The molecule has 9 heteroatoms. The maximum absolute atomic E-state index is 14.0. The van der Waals surface area contributed by atoms with E-state index in [1.54, 1.807) is 26.0 Å². The first kappa shape index (κ1) is 27.7. The molecule has 5 atom stereocenters. The molecule has 6 rings (SSSR count). The van der Waals surface area contributed by atoms with Crippen molar-refractivity contribution in [3.05, 3.63) is 101 Å². The number of fused-ring (bicyclic) bond motifs is 1. The SMILES string of the molecule is Cc1ccccc1CN1C(=O)[C@H]2N(C(=O)[C@@H](O)[C@@]3(NC(=O)c4cccc(O)c4C)C[C@H]3c3ccccc3)CC(=O)C21C. The third-order valence-electron chi connectivity index (χ3n) is 9.48. The highest BCUT2D eigenvalue weighted by atomic mass is 16.3. The zero-order valence-electron chi connectivity index (χ0n) is 23.7. The van der Waals surface area contributed by atoms with Crippen molar-refractivity contribution in [3.8, 4) is 5.75 Å². The monoisotopic (exact) mass is 567 g/mol. The Hall–Kier alpha value is -4.50. The predicted octanol–water partition coefficient (Wildman–Crippen LogP) is 2.61. The summed E-state index contributed by atoms with van der Waals surface area (Å²) in [4.78, 5) is 56.9. The summed E-state index contributed by atoms with van der Waals surface area (Å²) in [6.45, 7) is 5.16. The molecule has 3 N–H and O–H groups in total. The van der Waals surface area contributed by atoms with Crippen LogP contribution in [0.1, 0.15) is 51.9 Å². The molecule has 0 bridgehead atoms. The minimum atomic E-state index is -1.71. The minimum absolute atomic E-state index is 0.0441. The van der Waals surface area contributed by atoms with Gasteiger partial charge in [-0.05, 0) is 56.0 Å². The summed E-state index contributed by atoms with van der Waals surface area (Å²) in [5, 5.41) is 24.7. The molecule has 3 aliphatic rings. The first-order valence-corrected chi connectivity index (χ1v) is 14.0. The summed E-state index contributed by atoms with van der Waals surface area (Å²) < 4.78 is 0. The number of nitrogens with one attached hydrogen (secondary N) is 1. The number of benzene rings is 3. The summed E-state index contributed by atoms with van der Waals surface area (Å²) in [5.41, 5.74) is 0.774. The number of carbonyl (C=O) groups is 4. The molecule has 3 fully saturated rings. The highest BCUT2D eigenvalue weighted by molar-refractivity contribution is 6.13. The number of β-lactam (4-membered cyclic amide) rings is 1. The molecule has 0 spiro atoms. The van der Waals surface area contributed by atoms with E-state index < -0.39 is 35.0 Å². The number of ketones is 1. The summed E-state index contributed by atoms with van der Waals surface area (Å²) in [6, 6.07) is 20.5. The number of aromatic hydroxyl groups is 1. The van der Waals surface area contributed by atoms with E-state index in [0.717, 1.165) is 16.7 Å². The molecule has 2 saturated heterocycles. The number of Topliss-reactive ketones (excluding diaryl/α,β-unsaturated/α-hetero) is 1. The van der Waals surface area contributed by atoms with Gasteiger partial charge in [-0.3, -0.25) is 19.2 Å². The predicted molar refractivity (Wildman–Crippen MR) is 153 cm³/mol. The quantitative estimate of drug-likeness (QED) is 0.377. The van der Waals surface area contributed by atoms with Crippen LogP contribution in [0.4, 0.5) is 0 Å². The molecular weight excluding hydrogens is 534 g/mol. The van der Waals surface area contributed by atoms with Gasteiger partial charge in [0.1, 0.15) is 17.3 Å². The number of hydrogen-bond donors (Lipinski definition) is 3. The summed E-state index contributed by atoms with van der Waals surface area (Å²) in [6.07, 6.45) is -1.43. The molecule has 1 saturated carbocycles. The van der Waals surface area contributed by atoms with Crippen LogP contribution in [-0.4, -0.2) is 73.3 Å². The van der Waals surface area contributed by atoms with Crippen molar-refractivity contribution in [3.63, 3.8) is 0 Å². The Kier molecular flexibility index (Phi) is 6.46. The first-order valence-electron chi connectivity index (χ1n) is 14.0. The molecule has 3 aromatic rings. The van der Waals surface area contributed by atoms with Crippen LogP contribution >= 0.6 is 0 Å². The van der Waals surface area contributed by atoms with Crippen LogP contribution in [0.25, 0.3) is 0 Å². The van der Waals surface area contributed by atoms with Crippen LogP contribution in [0.5, 0.6) is 5.75 Å². The maximum atomic E-state index is 14.0. The van der Waals surface area contributed by atoms with E-state index >= 15 is 0 Å². The van der Waals surface area contributed by atoms with Crippen molar-refractivity contribution in [2.24, 2.45) is 0 Å². The van der Waals surface area contributed by atoms with E-state index in [1.807, 2.05) is 61.5 Å². The molecule has 0 aromatic heterocycles. The third kappa shape index (κ3) is 4.02. The number of amides is 3. The summed E-state index contributed by atoms with van der Waals surface area (Å²) in [5.74, 6) is -2.36. The lowest BCUT2D eigenvalue weighted by Gasteiger charge is -2.52. The van der Waals surface area contributed by atoms with E-state index in [9.17, 15) is 29.4 Å². The second-order valence-corrected chi connectivity index (χ2v) is 11.8. The van der Waals surface area contributed by atoms with Gasteiger partial charge >= 0.3 is 0 Å². The molecule has 9 nitrogen and oxygen atoms in total. The number of likely N-dealkylation sites (tertiary alicyclic amines) is 2. The zero-order valence-corrected chi connectivity index (χ0v) is 23.7. The minimum Gasteiger partial charge on any atom is -0.508 e. The van der Waals surface area contributed by atoms with Crippen molar-refractivity contribution < 1.29 is 29.4 Å². The van der Waals surface area contributed by atoms with E-state index in [2.05, 4.69) is 5.32 Å².